The van der Waals surface area contributed by atoms with E-state index in [1.165, 1.54) is 64.2 Å². The minimum Gasteiger partial charge on any atom is -0.462 e. The van der Waals surface area contributed by atoms with Crippen LogP contribution in [0.25, 0.3) is 0 Å². The summed E-state index contributed by atoms with van der Waals surface area (Å²) in [7, 11) is 0. The molecule has 0 aliphatic carbocycles. The first-order valence-corrected chi connectivity index (χ1v) is 11.0. The quantitative estimate of drug-likeness (QED) is 0.308. The van der Waals surface area contributed by atoms with Gasteiger partial charge in [-0.2, -0.15) is 0 Å². The van der Waals surface area contributed by atoms with E-state index in [-0.39, 0.29) is 24.1 Å². The SMILES string of the molecule is CCCCCCC1CCC(=O)O1.CCCCCCCCC1CCC(=O)O1. The van der Waals surface area contributed by atoms with Crippen LogP contribution in [-0.2, 0) is 19.1 Å². The molecule has 0 spiro atoms. The van der Waals surface area contributed by atoms with Crippen molar-refractivity contribution in [3.63, 3.8) is 0 Å². The van der Waals surface area contributed by atoms with Crippen LogP contribution in [0, 0.1) is 0 Å². The Morgan fingerprint density at radius 1 is 0.654 bits per heavy atom. The van der Waals surface area contributed by atoms with Crippen molar-refractivity contribution >= 4 is 11.9 Å². The second-order valence-electron chi connectivity index (χ2n) is 7.71. The lowest BCUT2D eigenvalue weighted by Gasteiger charge is -2.07. The molecule has 2 aliphatic rings. The molecule has 2 fully saturated rings. The lowest BCUT2D eigenvalue weighted by atomic mass is 10.1. The van der Waals surface area contributed by atoms with Gasteiger partial charge in [-0.3, -0.25) is 9.59 Å². The molecule has 2 unspecified atom stereocenters. The summed E-state index contributed by atoms with van der Waals surface area (Å²) in [6, 6.07) is 0. The van der Waals surface area contributed by atoms with Gasteiger partial charge in [-0.15, -0.1) is 0 Å². The molecule has 0 N–H and O–H groups in total. The Morgan fingerprint density at radius 2 is 1.04 bits per heavy atom. The van der Waals surface area contributed by atoms with Gasteiger partial charge in [0.2, 0.25) is 0 Å². The maximum atomic E-state index is 10.8. The van der Waals surface area contributed by atoms with Gasteiger partial charge in [-0.1, -0.05) is 65.2 Å². The third-order valence-electron chi connectivity index (χ3n) is 5.20. The first-order chi connectivity index (χ1) is 12.7. The smallest absolute Gasteiger partial charge is 0.306 e. The van der Waals surface area contributed by atoms with Crippen LogP contribution in [-0.4, -0.2) is 24.1 Å². The number of rotatable bonds is 12. The van der Waals surface area contributed by atoms with E-state index in [0.29, 0.717) is 12.8 Å². The summed E-state index contributed by atoms with van der Waals surface area (Å²) in [5.74, 6) is -0.00326. The van der Waals surface area contributed by atoms with Crippen LogP contribution in [0.2, 0.25) is 0 Å². The van der Waals surface area contributed by atoms with Crippen LogP contribution in [0.15, 0.2) is 0 Å². The number of unbranched alkanes of at least 4 members (excludes halogenated alkanes) is 8. The van der Waals surface area contributed by atoms with Crippen LogP contribution in [0.3, 0.4) is 0 Å². The van der Waals surface area contributed by atoms with Gasteiger partial charge in [0.15, 0.2) is 0 Å². The second kappa shape index (κ2) is 15.0. The van der Waals surface area contributed by atoms with E-state index in [2.05, 4.69) is 13.8 Å². The number of esters is 2. The fourth-order valence-corrected chi connectivity index (χ4v) is 3.52. The molecule has 2 atom stereocenters. The highest BCUT2D eigenvalue weighted by molar-refractivity contribution is 5.71. The highest BCUT2D eigenvalue weighted by Crippen LogP contribution is 2.20. The Kier molecular flexibility index (Phi) is 13.3. The minimum atomic E-state index is -0.00417. The normalized spacial score (nSPS) is 21.9. The van der Waals surface area contributed by atoms with Crippen molar-refractivity contribution in [2.75, 3.05) is 0 Å². The number of carbonyl (C=O) groups is 2. The third-order valence-corrected chi connectivity index (χ3v) is 5.20. The van der Waals surface area contributed by atoms with E-state index in [9.17, 15) is 9.59 Å². The van der Waals surface area contributed by atoms with Gasteiger partial charge in [0.1, 0.15) is 12.2 Å². The fraction of sp³-hybridized carbons (Fsp3) is 0.909. The monoisotopic (exact) mass is 368 g/mol. The Balaban J connectivity index is 0.000000263. The highest BCUT2D eigenvalue weighted by atomic mass is 16.6. The van der Waals surface area contributed by atoms with Crippen molar-refractivity contribution in [3.8, 4) is 0 Å². The second-order valence-corrected chi connectivity index (χ2v) is 7.71. The van der Waals surface area contributed by atoms with Gasteiger partial charge >= 0.3 is 11.9 Å². The van der Waals surface area contributed by atoms with Crippen molar-refractivity contribution in [3.05, 3.63) is 0 Å². The molecule has 2 aliphatic heterocycles. The summed E-state index contributed by atoms with van der Waals surface area (Å²) in [6.07, 6.45) is 18.8. The molecular weight excluding hydrogens is 328 g/mol. The van der Waals surface area contributed by atoms with Gasteiger partial charge in [0.25, 0.3) is 0 Å². The average molecular weight is 369 g/mol. The van der Waals surface area contributed by atoms with E-state index in [0.717, 1.165) is 25.7 Å². The van der Waals surface area contributed by atoms with Gasteiger partial charge in [-0.05, 0) is 38.5 Å². The van der Waals surface area contributed by atoms with Crippen molar-refractivity contribution in [1.82, 2.24) is 0 Å². The zero-order chi connectivity index (χ0) is 19.0. The summed E-state index contributed by atoms with van der Waals surface area (Å²) in [5, 5.41) is 0. The van der Waals surface area contributed by atoms with Crippen LogP contribution < -0.4 is 0 Å². The molecule has 4 nitrogen and oxygen atoms in total. The van der Waals surface area contributed by atoms with E-state index in [4.69, 9.17) is 9.47 Å². The molecule has 2 saturated heterocycles. The molecule has 0 aromatic carbocycles. The molecule has 0 radical (unpaired) electrons. The van der Waals surface area contributed by atoms with E-state index in [1.807, 2.05) is 0 Å². The summed E-state index contributed by atoms with van der Waals surface area (Å²) < 4.78 is 10.3. The molecular formula is C22H40O4. The lowest BCUT2D eigenvalue weighted by molar-refractivity contribution is -0.142. The molecule has 0 aromatic rings. The predicted octanol–water partition coefficient (Wildman–Crippen LogP) is 6.11. The van der Waals surface area contributed by atoms with Gasteiger partial charge < -0.3 is 9.47 Å². The maximum absolute atomic E-state index is 10.8. The van der Waals surface area contributed by atoms with Crippen LogP contribution in [0.4, 0.5) is 0 Å². The van der Waals surface area contributed by atoms with Gasteiger partial charge in [0.05, 0.1) is 0 Å². The van der Waals surface area contributed by atoms with Crippen LogP contribution in [0.5, 0.6) is 0 Å². The zero-order valence-corrected chi connectivity index (χ0v) is 17.1. The van der Waals surface area contributed by atoms with Crippen molar-refractivity contribution < 1.29 is 19.1 Å². The molecule has 0 amide bonds. The number of carbonyl (C=O) groups excluding carboxylic acids is 2. The fourth-order valence-electron chi connectivity index (χ4n) is 3.52. The van der Waals surface area contributed by atoms with Crippen LogP contribution in [0.1, 0.15) is 117 Å². The summed E-state index contributed by atoms with van der Waals surface area (Å²) in [4.78, 5) is 21.5. The predicted molar refractivity (Wildman–Crippen MR) is 105 cm³/mol. The molecule has 4 heteroatoms. The molecule has 2 rings (SSSR count). The summed E-state index contributed by atoms with van der Waals surface area (Å²) in [5.41, 5.74) is 0. The molecule has 0 saturated carbocycles. The summed E-state index contributed by atoms with van der Waals surface area (Å²) in [6.45, 7) is 4.44. The lowest BCUT2D eigenvalue weighted by Crippen LogP contribution is -2.06. The number of ether oxygens (including phenoxy) is 2. The van der Waals surface area contributed by atoms with E-state index < -0.39 is 0 Å². The van der Waals surface area contributed by atoms with Crippen molar-refractivity contribution in [1.29, 1.82) is 0 Å². The van der Waals surface area contributed by atoms with Crippen LogP contribution >= 0.6 is 0 Å². The molecule has 2 heterocycles. The Hall–Kier alpha value is -1.06. The Labute approximate surface area is 160 Å². The van der Waals surface area contributed by atoms with Crippen molar-refractivity contribution in [2.45, 2.75) is 129 Å². The third kappa shape index (κ3) is 11.5. The molecule has 26 heavy (non-hydrogen) atoms. The first kappa shape index (κ1) is 23.0. The number of hydrogen-bond donors (Lipinski definition) is 0. The standard InChI is InChI=1S/C12H22O2.C10H18O2/c1-2-3-4-5-6-7-8-11-9-10-12(13)14-11;1-2-3-4-5-6-9-7-8-10(11)12-9/h11H,2-10H2,1H3;9H,2-8H2,1H3. The van der Waals surface area contributed by atoms with E-state index >= 15 is 0 Å². The minimum absolute atomic E-state index is 0.000910. The molecule has 0 aromatic heterocycles. The molecule has 0 bridgehead atoms. The van der Waals surface area contributed by atoms with Crippen molar-refractivity contribution in [2.24, 2.45) is 0 Å². The Bertz CT molecular complexity index is 380. The number of hydrogen-bond acceptors (Lipinski definition) is 4. The van der Waals surface area contributed by atoms with Gasteiger partial charge in [0, 0.05) is 12.8 Å². The zero-order valence-electron chi connectivity index (χ0n) is 17.1. The Morgan fingerprint density at radius 3 is 1.42 bits per heavy atom. The molecule has 152 valence electrons. The summed E-state index contributed by atoms with van der Waals surface area (Å²) >= 11 is 0. The largest absolute Gasteiger partial charge is 0.462 e. The average Bonchev–Trinajstić information content (AvgIpc) is 3.24. The topological polar surface area (TPSA) is 52.6 Å². The highest BCUT2D eigenvalue weighted by Gasteiger charge is 2.22. The first-order valence-electron chi connectivity index (χ1n) is 11.0. The number of cyclic esters (lactones) is 2. The van der Waals surface area contributed by atoms with Gasteiger partial charge in [-0.25, -0.2) is 0 Å². The maximum Gasteiger partial charge on any atom is 0.306 e. The van der Waals surface area contributed by atoms with E-state index in [1.54, 1.807) is 0 Å².